The average Bonchev–Trinajstić information content (AvgIpc) is 2.84. The zero-order chi connectivity index (χ0) is 25.2. The molecule has 6 nitrogen and oxygen atoms in total. The lowest BCUT2D eigenvalue weighted by Gasteiger charge is -2.40. The molecule has 0 bridgehead atoms. The number of likely N-dealkylation sites (tertiary alicyclic amines) is 1. The van der Waals surface area contributed by atoms with Crippen LogP contribution in [0.1, 0.15) is 41.3 Å². The highest BCUT2D eigenvalue weighted by Gasteiger charge is 2.35. The van der Waals surface area contributed by atoms with Crippen molar-refractivity contribution in [2.45, 2.75) is 38.9 Å². The van der Waals surface area contributed by atoms with E-state index in [4.69, 9.17) is 0 Å². The van der Waals surface area contributed by atoms with E-state index in [-0.39, 0.29) is 47.2 Å². The normalized spacial score (nSPS) is 18.4. The fraction of sp³-hybridized carbons (Fsp3) is 0.360. The smallest absolute Gasteiger partial charge is 0.368 e. The quantitative estimate of drug-likeness (QED) is 0.491. The van der Waals surface area contributed by atoms with Crippen molar-refractivity contribution in [2.75, 3.05) is 18.4 Å². The zero-order valence-electron chi connectivity index (χ0n) is 19.3. The summed E-state index contributed by atoms with van der Waals surface area (Å²) in [5.74, 6) is -0.392. The molecule has 0 saturated carbocycles. The van der Waals surface area contributed by atoms with Crippen LogP contribution < -0.4 is 5.32 Å². The monoisotopic (exact) mass is 487 g/mol. The van der Waals surface area contributed by atoms with E-state index in [0.29, 0.717) is 12.1 Å². The van der Waals surface area contributed by atoms with Crippen LogP contribution in [-0.2, 0) is 6.18 Å². The third kappa shape index (κ3) is 5.26. The van der Waals surface area contributed by atoms with Crippen LogP contribution in [0.5, 0.6) is 0 Å². The van der Waals surface area contributed by atoms with Gasteiger partial charge in [-0.2, -0.15) is 13.2 Å². The van der Waals surface area contributed by atoms with E-state index in [0.717, 1.165) is 25.1 Å². The number of hydrogen-bond acceptors (Lipinski definition) is 5. The zero-order valence-corrected chi connectivity index (χ0v) is 19.3. The molecule has 1 unspecified atom stereocenters. The number of carbonyl (C=O) groups excluding carboxylic acids is 1. The van der Waals surface area contributed by atoms with Gasteiger partial charge >= 0.3 is 6.18 Å². The van der Waals surface area contributed by atoms with Gasteiger partial charge in [-0.15, -0.1) is 0 Å². The van der Waals surface area contributed by atoms with Gasteiger partial charge in [-0.1, -0.05) is 13.0 Å². The fourth-order valence-corrected chi connectivity index (χ4v) is 4.44. The van der Waals surface area contributed by atoms with Crippen LogP contribution in [0.3, 0.4) is 0 Å². The van der Waals surface area contributed by atoms with Crippen molar-refractivity contribution in [3.63, 3.8) is 0 Å². The second-order valence-electron chi connectivity index (χ2n) is 8.68. The minimum absolute atomic E-state index is 0.0601. The van der Waals surface area contributed by atoms with Crippen LogP contribution in [0.25, 0.3) is 11.4 Å². The Balaban J connectivity index is 1.61. The first-order chi connectivity index (χ1) is 16.7. The molecule has 2 aromatic heterocycles. The molecule has 0 radical (unpaired) electrons. The molecule has 1 aliphatic heterocycles. The standard InChI is InChI=1S/C25H25F4N5O/c1-15-5-3-12-34(19(15)14-33-20-9-7-17(13-32-20)25(27,28)29)24(35)21-16(2)6-8-18(26)22(21)23-30-10-4-11-31-23/h4,6-11,13,15,19H,3,5,12,14H2,1-2H3,(H,32,33)/t15-,19?/m1/s1. The number of nitrogens with zero attached hydrogens (tertiary/aromatic N) is 4. The van der Waals surface area contributed by atoms with E-state index in [1.807, 2.05) is 6.92 Å². The maximum absolute atomic E-state index is 15.0. The number of carbonyl (C=O) groups is 1. The van der Waals surface area contributed by atoms with E-state index in [1.165, 1.54) is 24.5 Å². The summed E-state index contributed by atoms with van der Waals surface area (Å²) in [7, 11) is 0. The lowest BCUT2D eigenvalue weighted by Crippen LogP contribution is -2.51. The third-order valence-corrected chi connectivity index (χ3v) is 6.33. The number of halogens is 4. The van der Waals surface area contributed by atoms with Crippen LogP contribution in [-0.4, -0.2) is 44.9 Å². The summed E-state index contributed by atoms with van der Waals surface area (Å²) in [6, 6.07) is 6.43. The van der Waals surface area contributed by atoms with Gasteiger partial charge < -0.3 is 10.2 Å². The topological polar surface area (TPSA) is 71.0 Å². The number of alkyl halides is 3. The molecule has 1 aromatic carbocycles. The number of amides is 1. The van der Waals surface area contributed by atoms with Gasteiger partial charge in [0, 0.05) is 31.7 Å². The third-order valence-electron chi connectivity index (χ3n) is 6.33. The number of anilines is 1. The number of hydrogen-bond donors (Lipinski definition) is 1. The summed E-state index contributed by atoms with van der Waals surface area (Å²) in [6.07, 6.45) is 0.963. The van der Waals surface area contributed by atoms with Gasteiger partial charge in [-0.25, -0.2) is 19.3 Å². The number of nitrogens with one attached hydrogen (secondary N) is 1. The lowest BCUT2D eigenvalue weighted by atomic mass is 9.89. The van der Waals surface area contributed by atoms with E-state index in [2.05, 4.69) is 20.3 Å². The minimum Gasteiger partial charge on any atom is -0.368 e. The number of benzene rings is 1. The molecule has 3 aromatic rings. The van der Waals surface area contributed by atoms with Gasteiger partial charge in [0.05, 0.1) is 22.7 Å². The van der Waals surface area contributed by atoms with Crippen LogP contribution in [0.4, 0.5) is 23.4 Å². The van der Waals surface area contributed by atoms with Gasteiger partial charge in [-0.05, 0) is 55.5 Å². The number of piperidine rings is 1. The molecule has 4 rings (SSSR count). The van der Waals surface area contributed by atoms with Gasteiger partial charge in [-0.3, -0.25) is 4.79 Å². The molecule has 1 amide bonds. The molecule has 1 aliphatic rings. The Morgan fingerprint density at radius 3 is 2.54 bits per heavy atom. The molecule has 1 saturated heterocycles. The second kappa shape index (κ2) is 9.97. The van der Waals surface area contributed by atoms with Gasteiger partial charge in [0.1, 0.15) is 11.6 Å². The highest BCUT2D eigenvalue weighted by molar-refractivity contribution is 6.02. The Morgan fingerprint density at radius 1 is 1.14 bits per heavy atom. The molecule has 2 atom stereocenters. The molecule has 184 valence electrons. The average molecular weight is 488 g/mol. The fourth-order valence-electron chi connectivity index (χ4n) is 4.44. The molecular formula is C25H25F4N5O. The van der Waals surface area contributed by atoms with E-state index in [9.17, 15) is 22.4 Å². The SMILES string of the molecule is Cc1ccc(F)c(-c2ncccn2)c1C(=O)N1CCC[C@@H](C)C1CNc1ccc(C(F)(F)F)cn1. The summed E-state index contributed by atoms with van der Waals surface area (Å²) in [5.41, 5.74) is 0.0456. The number of aromatic nitrogens is 3. The molecule has 10 heteroatoms. The molecule has 35 heavy (non-hydrogen) atoms. The molecular weight excluding hydrogens is 462 g/mol. The molecule has 0 aliphatic carbocycles. The van der Waals surface area contributed by atoms with E-state index < -0.39 is 17.6 Å². The summed E-state index contributed by atoms with van der Waals surface area (Å²) in [4.78, 5) is 27.7. The van der Waals surface area contributed by atoms with Crippen LogP contribution in [0.15, 0.2) is 48.9 Å². The predicted octanol–water partition coefficient (Wildman–Crippen LogP) is 5.36. The van der Waals surface area contributed by atoms with Crippen molar-refractivity contribution in [3.8, 4) is 11.4 Å². The first-order valence-electron chi connectivity index (χ1n) is 11.3. The van der Waals surface area contributed by atoms with Crippen LogP contribution >= 0.6 is 0 Å². The minimum atomic E-state index is -4.46. The first kappa shape index (κ1) is 24.6. The van der Waals surface area contributed by atoms with E-state index >= 15 is 0 Å². The summed E-state index contributed by atoms with van der Waals surface area (Å²) < 4.78 is 53.4. The maximum atomic E-state index is 15.0. The number of rotatable bonds is 5. The van der Waals surface area contributed by atoms with Crippen LogP contribution in [0, 0.1) is 18.7 Å². The van der Waals surface area contributed by atoms with Gasteiger partial charge in [0.25, 0.3) is 5.91 Å². The maximum Gasteiger partial charge on any atom is 0.417 e. The molecule has 1 fully saturated rings. The van der Waals surface area contributed by atoms with Crippen molar-refractivity contribution in [3.05, 3.63) is 71.4 Å². The Morgan fingerprint density at radius 2 is 1.89 bits per heavy atom. The van der Waals surface area contributed by atoms with Gasteiger partial charge in [0.2, 0.25) is 0 Å². The number of pyridine rings is 1. The highest BCUT2D eigenvalue weighted by Crippen LogP contribution is 2.32. The molecule has 1 N–H and O–H groups in total. The van der Waals surface area contributed by atoms with Crippen molar-refractivity contribution < 1.29 is 22.4 Å². The summed E-state index contributed by atoms with van der Waals surface area (Å²) in [6.45, 7) is 4.52. The molecule has 0 spiro atoms. The van der Waals surface area contributed by atoms with E-state index in [1.54, 1.807) is 24.0 Å². The van der Waals surface area contributed by atoms with Crippen molar-refractivity contribution >= 4 is 11.7 Å². The molecule has 3 heterocycles. The largest absolute Gasteiger partial charge is 0.417 e. The lowest BCUT2D eigenvalue weighted by molar-refractivity contribution is -0.137. The van der Waals surface area contributed by atoms with Gasteiger partial charge in [0.15, 0.2) is 5.82 Å². The number of aryl methyl sites for hydroxylation is 1. The predicted molar refractivity (Wildman–Crippen MR) is 123 cm³/mol. The van der Waals surface area contributed by atoms with Crippen molar-refractivity contribution in [1.29, 1.82) is 0 Å². The summed E-state index contributed by atoms with van der Waals surface area (Å²) in [5, 5.41) is 3.06. The van der Waals surface area contributed by atoms with Crippen LogP contribution in [0.2, 0.25) is 0 Å². The summed E-state index contributed by atoms with van der Waals surface area (Å²) >= 11 is 0. The Hall–Kier alpha value is -3.56. The Bertz CT molecular complexity index is 1180. The van der Waals surface area contributed by atoms with Crippen molar-refractivity contribution in [2.24, 2.45) is 5.92 Å². The highest BCUT2D eigenvalue weighted by atomic mass is 19.4. The van der Waals surface area contributed by atoms with Crippen molar-refractivity contribution in [1.82, 2.24) is 19.9 Å². The first-order valence-corrected chi connectivity index (χ1v) is 11.3. The second-order valence-corrected chi connectivity index (χ2v) is 8.68. The Labute approximate surface area is 200 Å². The Kier molecular flexibility index (Phi) is 7.00.